The van der Waals surface area contributed by atoms with Crippen LogP contribution in [0.5, 0.6) is 0 Å². The number of anilines is 1. The monoisotopic (exact) mass is 349 g/mol. The van der Waals surface area contributed by atoms with Gasteiger partial charge in [-0.1, -0.05) is 0 Å². The van der Waals surface area contributed by atoms with Crippen LogP contribution in [0.2, 0.25) is 0 Å². The molecule has 0 aliphatic heterocycles. The molecule has 1 amide bonds. The molecule has 24 heavy (non-hydrogen) atoms. The lowest BCUT2D eigenvalue weighted by Gasteiger charge is -2.08. The number of aryl methyl sites for hydroxylation is 2. The number of aromatic nitrogens is 4. The van der Waals surface area contributed by atoms with Gasteiger partial charge in [0.25, 0.3) is 11.7 Å². The molecule has 0 radical (unpaired) electrons. The van der Waals surface area contributed by atoms with Crippen LogP contribution < -0.4 is 5.32 Å². The van der Waals surface area contributed by atoms with Crippen molar-refractivity contribution in [1.82, 2.24) is 19.7 Å². The summed E-state index contributed by atoms with van der Waals surface area (Å²) in [4.78, 5) is 20.5. The number of alkyl halides is 2. The van der Waals surface area contributed by atoms with Gasteiger partial charge in [-0.05, 0) is 36.9 Å². The topological polar surface area (TPSA) is 72.7 Å². The van der Waals surface area contributed by atoms with Gasteiger partial charge in [0.05, 0.1) is 23.1 Å². The SMILES string of the molecule is Cc1nn(C)c2ncc(NC(=O)c3cccnc3SC(F)F)cc12. The van der Waals surface area contributed by atoms with Crippen LogP contribution >= 0.6 is 11.8 Å². The number of thioether (sulfide) groups is 1. The van der Waals surface area contributed by atoms with Crippen molar-refractivity contribution in [3.8, 4) is 0 Å². The zero-order chi connectivity index (χ0) is 17.3. The van der Waals surface area contributed by atoms with E-state index in [1.165, 1.54) is 24.5 Å². The molecular formula is C15H13F2N5OS. The van der Waals surface area contributed by atoms with Crippen LogP contribution in [0.15, 0.2) is 35.6 Å². The predicted octanol–water partition coefficient (Wildman–Crippen LogP) is 3.24. The van der Waals surface area contributed by atoms with Crippen molar-refractivity contribution in [2.75, 3.05) is 5.32 Å². The van der Waals surface area contributed by atoms with Crippen molar-refractivity contribution in [2.45, 2.75) is 17.7 Å². The van der Waals surface area contributed by atoms with Gasteiger partial charge in [-0.3, -0.25) is 9.48 Å². The van der Waals surface area contributed by atoms with Gasteiger partial charge in [0.15, 0.2) is 5.65 Å². The third-order valence-corrected chi connectivity index (χ3v) is 4.06. The number of carbonyl (C=O) groups is 1. The van der Waals surface area contributed by atoms with Crippen molar-refractivity contribution in [1.29, 1.82) is 0 Å². The maximum absolute atomic E-state index is 12.6. The van der Waals surface area contributed by atoms with E-state index in [0.717, 1.165) is 11.1 Å². The van der Waals surface area contributed by atoms with E-state index in [1.807, 2.05) is 6.92 Å². The number of halogens is 2. The van der Waals surface area contributed by atoms with Gasteiger partial charge in [-0.2, -0.15) is 13.9 Å². The summed E-state index contributed by atoms with van der Waals surface area (Å²) in [6.07, 6.45) is 2.87. The Hall–Kier alpha value is -2.55. The van der Waals surface area contributed by atoms with E-state index in [9.17, 15) is 13.6 Å². The molecule has 0 aromatic carbocycles. The van der Waals surface area contributed by atoms with E-state index >= 15 is 0 Å². The van der Waals surface area contributed by atoms with Crippen LogP contribution in [0.1, 0.15) is 16.1 Å². The number of fused-ring (bicyclic) bond motifs is 1. The fourth-order valence-corrected chi connectivity index (χ4v) is 2.89. The van der Waals surface area contributed by atoms with Gasteiger partial charge in [0.2, 0.25) is 0 Å². The van der Waals surface area contributed by atoms with Gasteiger partial charge in [0, 0.05) is 18.6 Å². The molecule has 0 aliphatic carbocycles. The number of pyridine rings is 2. The Morgan fingerprint density at radius 3 is 2.92 bits per heavy atom. The second kappa shape index (κ2) is 6.52. The van der Waals surface area contributed by atoms with E-state index in [0.29, 0.717) is 11.3 Å². The van der Waals surface area contributed by atoms with E-state index < -0.39 is 11.7 Å². The summed E-state index contributed by atoms with van der Waals surface area (Å²) in [5.41, 5.74) is 2.03. The predicted molar refractivity (Wildman–Crippen MR) is 87.3 cm³/mol. The second-order valence-corrected chi connectivity index (χ2v) is 5.97. The molecule has 0 saturated heterocycles. The normalized spacial score (nSPS) is 11.2. The van der Waals surface area contributed by atoms with Gasteiger partial charge in [-0.25, -0.2) is 9.97 Å². The summed E-state index contributed by atoms with van der Waals surface area (Å²) in [5.74, 6) is -3.17. The highest BCUT2D eigenvalue weighted by atomic mass is 32.2. The molecule has 9 heteroatoms. The van der Waals surface area contributed by atoms with Crippen molar-refractivity contribution < 1.29 is 13.6 Å². The Morgan fingerprint density at radius 1 is 1.38 bits per heavy atom. The molecule has 0 bridgehead atoms. The second-order valence-electron chi connectivity index (χ2n) is 4.99. The number of hydrogen-bond acceptors (Lipinski definition) is 5. The van der Waals surface area contributed by atoms with Gasteiger partial charge < -0.3 is 5.32 Å². The highest BCUT2D eigenvalue weighted by Crippen LogP contribution is 2.27. The summed E-state index contributed by atoms with van der Waals surface area (Å²) in [6.45, 7) is 1.84. The molecule has 3 aromatic heterocycles. The molecular weight excluding hydrogens is 336 g/mol. The molecule has 6 nitrogen and oxygen atoms in total. The maximum atomic E-state index is 12.6. The van der Waals surface area contributed by atoms with Gasteiger partial charge in [-0.15, -0.1) is 0 Å². The first kappa shape index (κ1) is 16.3. The molecule has 3 aromatic rings. The fraction of sp³-hybridized carbons (Fsp3) is 0.200. The minimum Gasteiger partial charge on any atom is -0.320 e. The molecule has 0 fully saturated rings. The van der Waals surface area contributed by atoms with Crippen LogP contribution in [-0.2, 0) is 7.05 Å². The van der Waals surface area contributed by atoms with Crippen molar-refractivity contribution in [2.24, 2.45) is 7.05 Å². The Bertz CT molecular complexity index is 912. The Labute approximate surface area is 140 Å². The van der Waals surface area contributed by atoms with E-state index in [-0.39, 0.29) is 22.4 Å². The largest absolute Gasteiger partial charge is 0.320 e. The third-order valence-electron chi connectivity index (χ3n) is 3.34. The summed E-state index contributed by atoms with van der Waals surface area (Å²) in [7, 11) is 1.78. The lowest BCUT2D eigenvalue weighted by atomic mass is 10.2. The Kier molecular flexibility index (Phi) is 4.43. The van der Waals surface area contributed by atoms with Crippen molar-refractivity contribution in [3.05, 3.63) is 41.9 Å². The van der Waals surface area contributed by atoms with E-state index in [1.54, 1.807) is 17.8 Å². The van der Waals surface area contributed by atoms with E-state index in [4.69, 9.17) is 0 Å². The molecule has 0 spiro atoms. The average molecular weight is 349 g/mol. The molecule has 0 atom stereocenters. The number of amides is 1. The lowest BCUT2D eigenvalue weighted by molar-refractivity contribution is 0.102. The average Bonchev–Trinajstić information content (AvgIpc) is 2.81. The maximum Gasteiger partial charge on any atom is 0.290 e. The lowest BCUT2D eigenvalue weighted by Crippen LogP contribution is -2.14. The Balaban J connectivity index is 1.89. The number of nitrogens with one attached hydrogen (secondary N) is 1. The van der Waals surface area contributed by atoms with Crippen LogP contribution in [0.3, 0.4) is 0 Å². The molecule has 3 heterocycles. The smallest absolute Gasteiger partial charge is 0.290 e. The first-order valence-corrected chi connectivity index (χ1v) is 7.84. The van der Waals surface area contributed by atoms with E-state index in [2.05, 4.69) is 20.4 Å². The molecule has 124 valence electrons. The zero-order valence-electron chi connectivity index (χ0n) is 12.8. The molecule has 0 aliphatic rings. The van der Waals surface area contributed by atoms with Crippen molar-refractivity contribution >= 4 is 34.4 Å². The number of hydrogen-bond donors (Lipinski definition) is 1. The first-order valence-electron chi connectivity index (χ1n) is 6.96. The van der Waals surface area contributed by atoms with Crippen LogP contribution in [0.4, 0.5) is 14.5 Å². The molecule has 0 unspecified atom stereocenters. The zero-order valence-corrected chi connectivity index (χ0v) is 13.6. The summed E-state index contributed by atoms with van der Waals surface area (Å²) >= 11 is 0.238. The van der Waals surface area contributed by atoms with Crippen LogP contribution in [0.25, 0.3) is 11.0 Å². The van der Waals surface area contributed by atoms with Crippen LogP contribution in [-0.4, -0.2) is 31.4 Å². The summed E-state index contributed by atoms with van der Waals surface area (Å²) in [6, 6.07) is 4.73. The highest BCUT2D eigenvalue weighted by molar-refractivity contribution is 7.99. The molecule has 0 saturated carbocycles. The Morgan fingerprint density at radius 2 is 2.17 bits per heavy atom. The number of rotatable bonds is 4. The van der Waals surface area contributed by atoms with Crippen LogP contribution in [0, 0.1) is 6.92 Å². The minimum atomic E-state index is -2.65. The minimum absolute atomic E-state index is 0.0170. The third kappa shape index (κ3) is 3.21. The van der Waals surface area contributed by atoms with Gasteiger partial charge >= 0.3 is 0 Å². The summed E-state index contributed by atoms with van der Waals surface area (Å²) in [5, 5.41) is 7.72. The molecule has 3 rings (SSSR count). The van der Waals surface area contributed by atoms with Crippen molar-refractivity contribution in [3.63, 3.8) is 0 Å². The number of carbonyl (C=O) groups excluding carboxylic acids is 1. The number of nitrogens with zero attached hydrogens (tertiary/aromatic N) is 4. The summed E-state index contributed by atoms with van der Waals surface area (Å²) < 4.78 is 26.8. The standard InChI is InChI=1S/C15H13F2N5OS/c1-8-11-6-9(7-19-12(11)22(2)21-8)20-13(23)10-4-3-5-18-14(10)24-15(16)17/h3-7,15H,1-2H3,(H,20,23). The van der Waals surface area contributed by atoms with Gasteiger partial charge in [0.1, 0.15) is 5.03 Å². The molecule has 1 N–H and O–H groups in total. The first-order chi connectivity index (χ1) is 11.5. The highest BCUT2D eigenvalue weighted by Gasteiger charge is 2.17. The quantitative estimate of drug-likeness (QED) is 0.732. The fourth-order valence-electron chi connectivity index (χ4n) is 2.32.